The molecule has 2 aliphatic heterocycles. The quantitative estimate of drug-likeness (QED) is 0.827. The van der Waals surface area contributed by atoms with Crippen LogP contribution in [-0.2, 0) is 13.6 Å². The number of carboxylic acids is 1. The standard InChI is InChI=1S/C22H31N5O3/c1-23(2)18-7-8-27(15-18)22(30)26-11-9-25(10-12-26)14-17-6-4-5-16-13-19(21(28)29)24(3)20(16)17/h4-6,13,18H,7-12,14-15H2,1-3H3,(H,28,29)/t18-/m0/s1. The molecule has 0 saturated carbocycles. The number of amides is 2. The second-order valence-corrected chi connectivity index (χ2v) is 8.65. The maximum Gasteiger partial charge on any atom is 0.352 e. The van der Waals surface area contributed by atoms with Gasteiger partial charge in [0.15, 0.2) is 0 Å². The Morgan fingerprint density at radius 2 is 1.83 bits per heavy atom. The average Bonchev–Trinajstić information content (AvgIpc) is 3.34. The molecule has 2 saturated heterocycles. The molecule has 1 N–H and O–H groups in total. The van der Waals surface area contributed by atoms with Gasteiger partial charge in [0.1, 0.15) is 5.69 Å². The minimum atomic E-state index is -0.912. The van der Waals surface area contributed by atoms with Crippen molar-refractivity contribution in [3.63, 3.8) is 0 Å². The molecule has 0 unspecified atom stereocenters. The number of hydrogen-bond donors (Lipinski definition) is 1. The van der Waals surface area contributed by atoms with E-state index in [0.717, 1.165) is 68.7 Å². The first-order valence-electron chi connectivity index (χ1n) is 10.6. The molecule has 4 rings (SSSR count). The molecular formula is C22H31N5O3. The Morgan fingerprint density at radius 1 is 1.10 bits per heavy atom. The van der Waals surface area contributed by atoms with E-state index in [4.69, 9.17) is 0 Å². The monoisotopic (exact) mass is 413 g/mol. The number of aromatic nitrogens is 1. The molecule has 0 bridgehead atoms. The van der Waals surface area contributed by atoms with Gasteiger partial charge in [0.25, 0.3) is 0 Å². The Bertz CT molecular complexity index is 946. The summed E-state index contributed by atoms with van der Waals surface area (Å²) >= 11 is 0. The minimum Gasteiger partial charge on any atom is -0.477 e. The van der Waals surface area contributed by atoms with Crippen LogP contribution in [0.5, 0.6) is 0 Å². The first-order chi connectivity index (χ1) is 14.3. The van der Waals surface area contributed by atoms with Crippen molar-refractivity contribution in [1.29, 1.82) is 0 Å². The summed E-state index contributed by atoms with van der Waals surface area (Å²) in [6.45, 7) is 5.50. The summed E-state index contributed by atoms with van der Waals surface area (Å²) in [7, 11) is 5.96. The SMILES string of the molecule is CN(C)[C@H]1CCN(C(=O)N2CCN(Cc3cccc4cc(C(=O)O)n(C)c34)CC2)C1. The van der Waals surface area contributed by atoms with Crippen LogP contribution in [0.4, 0.5) is 4.79 Å². The van der Waals surface area contributed by atoms with Gasteiger partial charge in [-0.1, -0.05) is 18.2 Å². The van der Waals surface area contributed by atoms with Crippen LogP contribution in [0.25, 0.3) is 10.9 Å². The van der Waals surface area contributed by atoms with E-state index in [0.29, 0.717) is 11.7 Å². The molecule has 3 heterocycles. The molecule has 0 aliphatic carbocycles. The number of aryl methyl sites for hydroxylation is 1. The van der Waals surface area contributed by atoms with Crippen molar-refractivity contribution in [3.8, 4) is 0 Å². The highest BCUT2D eigenvalue weighted by molar-refractivity contribution is 5.95. The summed E-state index contributed by atoms with van der Waals surface area (Å²) in [4.78, 5) is 32.9. The number of nitrogens with zero attached hydrogens (tertiary/aromatic N) is 5. The third kappa shape index (κ3) is 3.89. The maximum atomic E-state index is 12.9. The van der Waals surface area contributed by atoms with Crippen LogP contribution in [-0.4, -0.2) is 101 Å². The first kappa shape index (κ1) is 20.7. The van der Waals surface area contributed by atoms with Gasteiger partial charge >= 0.3 is 12.0 Å². The van der Waals surface area contributed by atoms with Gasteiger partial charge in [0.2, 0.25) is 0 Å². The van der Waals surface area contributed by atoms with Gasteiger partial charge < -0.3 is 24.4 Å². The Morgan fingerprint density at radius 3 is 2.47 bits per heavy atom. The van der Waals surface area contributed by atoms with Gasteiger partial charge in [0, 0.05) is 64.3 Å². The van der Waals surface area contributed by atoms with E-state index in [1.165, 1.54) is 0 Å². The smallest absolute Gasteiger partial charge is 0.352 e. The number of urea groups is 1. The summed E-state index contributed by atoms with van der Waals surface area (Å²) < 4.78 is 1.77. The number of likely N-dealkylation sites (N-methyl/N-ethyl adjacent to an activating group) is 1. The lowest BCUT2D eigenvalue weighted by molar-refractivity contribution is 0.0687. The van der Waals surface area contributed by atoms with E-state index in [2.05, 4.69) is 30.0 Å². The van der Waals surface area contributed by atoms with Crippen LogP contribution in [0.2, 0.25) is 0 Å². The first-order valence-corrected chi connectivity index (χ1v) is 10.6. The molecular weight excluding hydrogens is 382 g/mol. The molecule has 1 atom stereocenters. The number of carboxylic acid groups (broad SMARTS) is 1. The van der Waals surface area contributed by atoms with Crippen LogP contribution >= 0.6 is 0 Å². The number of aromatic carboxylic acids is 1. The second-order valence-electron chi connectivity index (χ2n) is 8.65. The summed E-state index contributed by atoms with van der Waals surface area (Å²) in [5, 5.41) is 10.4. The zero-order valence-electron chi connectivity index (χ0n) is 18.0. The number of piperazine rings is 1. The van der Waals surface area contributed by atoms with E-state index in [9.17, 15) is 14.7 Å². The van der Waals surface area contributed by atoms with Gasteiger partial charge in [-0.25, -0.2) is 9.59 Å². The summed E-state index contributed by atoms with van der Waals surface area (Å²) in [5.74, 6) is -0.912. The van der Waals surface area contributed by atoms with Gasteiger partial charge in [-0.05, 0) is 32.1 Å². The highest BCUT2D eigenvalue weighted by Gasteiger charge is 2.31. The van der Waals surface area contributed by atoms with Crippen molar-refractivity contribution < 1.29 is 14.7 Å². The largest absolute Gasteiger partial charge is 0.477 e. The molecule has 30 heavy (non-hydrogen) atoms. The number of carbonyl (C=O) groups is 2. The second kappa shape index (κ2) is 8.28. The molecule has 2 amide bonds. The molecule has 1 aromatic carbocycles. The van der Waals surface area contributed by atoms with Gasteiger partial charge in [-0.15, -0.1) is 0 Å². The van der Waals surface area contributed by atoms with Crippen molar-refractivity contribution in [2.45, 2.75) is 19.0 Å². The van der Waals surface area contributed by atoms with E-state index >= 15 is 0 Å². The third-order valence-electron chi connectivity index (χ3n) is 6.56. The van der Waals surface area contributed by atoms with E-state index < -0.39 is 5.97 Å². The number of fused-ring (bicyclic) bond motifs is 1. The Kier molecular flexibility index (Phi) is 5.71. The van der Waals surface area contributed by atoms with Crippen molar-refractivity contribution in [3.05, 3.63) is 35.5 Å². The number of para-hydroxylation sites is 1. The normalized spacial score (nSPS) is 20.5. The lowest BCUT2D eigenvalue weighted by atomic mass is 10.1. The summed E-state index contributed by atoms with van der Waals surface area (Å²) in [6, 6.07) is 8.36. The lowest BCUT2D eigenvalue weighted by Crippen LogP contribution is -2.52. The number of benzene rings is 1. The Balaban J connectivity index is 1.39. The van der Waals surface area contributed by atoms with Crippen LogP contribution < -0.4 is 0 Å². The number of carbonyl (C=O) groups excluding carboxylic acids is 1. The zero-order valence-corrected chi connectivity index (χ0v) is 18.0. The minimum absolute atomic E-state index is 0.162. The summed E-state index contributed by atoms with van der Waals surface area (Å²) in [6.07, 6.45) is 1.04. The predicted molar refractivity (Wildman–Crippen MR) is 116 cm³/mol. The number of likely N-dealkylation sites (tertiary alicyclic amines) is 1. The van der Waals surface area contributed by atoms with E-state index in [1.54, 1.807) is 10.6 Å². The van der Waals surface area contributed by atoms with Gasteiger partial charge in [0.05, 0.1) is 5.52 Å². The molecule has 1 aromatic heterocycles. The van der Waals surface area contributed by atoms with Crippen molar-refractivity contribution >= 4 is 22.9 Å². The van der Waals surface area contributed by atoms with Crippen molar-refractivity contribution in [1.82, 2.24) is 24.2 Å². The highest BCUT2D eigenvalue weighted by atomic mass is 16.4. The van der Waals surface area contributed by atoms with Crippen LogP contribution in [0.1, 0.15) is 22.5 Å². The van der Waals surface area contributed by atoms with Crippen LogP contribution in [0.15, 0.2) is 24.3 Å². The van der Waals surface area contributed by atoms with Crippen LogP contribution in [0.3, 0.4) is 0 Å². The maximum absolute atomic E-state index is 12.9. The van der Waals surface area contributed by atoms with Gasteiger partial charge in [-0.2, -0.15) is 0 Å². The van der Waals surface area contributed by atoms with Gasteiger partial charge in [-0.3, -0.25) is 4.90 Å². The molecule has 2 aliphatic rings. The molecule has 0 radical (unpaired) electrons. The lowest BCUT2D eigenvalue weighted by Gasteiger charge is -2.37. The number of rotatable bonds is 4. The fourth-order valence-electron chi connectivity index (χ4n) is 4.71. The number of hydrogen-bond acceptors (Lipinski definition) is 4. The van der Waals surface area contributed by atoms with Crippen molar-refractivity contribution in [2.75, 3.05) is 53.4 Å². The molecule has 8 heteroatoms. The zero-order chi connectivity index (χ0) is 21.4. The highest BCUT2D eigenvalue weighted by Crippen LogP contribution is 2.24. The topological polar surface area (TPSA) is 72.3 Å². The van der Waals surface area contributed by atoms with Crippen LogP contribution in [0, 0.1) is 0 Å². The third-order valence-corrected chi connectivity index (χ3v) is 6.56. The Hall–Kier alpha value is -2.58. The van der Waals surface area contributed by atoms with E-state index in [-0.39, 0.29) is 6.03 Å². The molecule has 162 valence electrons. The fraction of sp³-hybridized carbons (Fsp3) is 0.545. The average molecular weight is 414 g/mol. The van der Waals surface area contributed by atoms with E-state index in [1.807, 2.05) is 29.0 Å². The molecule has 8 nitrogen and oxygen atoms in total. The predicted octanol–water partition coefficient (Wildman–Crippen LogP) is 1.75. The molecule has 2 fully saturated rings. The molecule has 0 spiro atoms. The van der Waals surface area contributed by atoms with Crippen molar-refractivity contribution in [2.24, 2.45) is 7.05 Å². The summed E-state index contributed by atoms with van der Waals surface area (Å²) in [5.41, 5.74) is 2.39. The fourth-order valence-corrected chi connectivity index (χ4v) is 4.71. The molecule has 2 aromatic rings. The Labute approximate surface area is 177 Å².